The Hall–Kier alpha value is -1.14. The summed E-state index contributed by atoms with van der Waals surface area (Å²) in [6.07, 6.45) is 0. The molecule has 0 spiro atoms. The van der Waals surface area contributed by atoms with Crippen molar-refractivity contribution in [3.63, 3.8) is 0 Å². The molecule has 0 aliphatic rings. The molecule has 1 aromatic carbocycles. The van der Waals surface area contributed by atoms with Crippen LogP contribution in [0.1, 0.15) is 0 Å². The molecule has 3 N–H and O–H groups in total. The number of hydrogen-bond acceptors (Lipinski definition) is 2. The summed E-state index contributed by atoms with van der Waals surface area (Å²) in [6.45, 7) is 0.0104. The van der Waals surface area contributed by atoms with Gasteiger partial charge in [-0.3, -0.25) is 0 Å². The molecule has 0 heterocycles. The zero-order valence-electron chi connectivity index (χ0n) is 7.76. The molecule has 0 saturated carbocycles. The van der Waals surface area contributed by atoms with Gasteiger partial charge in [-0.15, -0.1) is 0 Å². The lowest BCUT2D eigenvalue weighted by molar-refractivity contribution is 0.245. The Morgan fingerprint density at radius 3 is 2.93 bits per heavy atom. The predicted octanol–water partition coefficient (Wildman–Crippen LogP) is 1.70. The maximum absolute atomic E-state index is 12.8. The molecule has 0 aromatic heterocycles. The normalized spacial score (nSPS) is 9.80. The third-order valence-corrected chi connectivity index (χ3v) is 2.27. The number of rotatable bonds is 3. The molecular weight excluding hydrogens is 267 g/mol. The first-order valence-electron chi connectivity index (χ1n) is 4.24. The van der Waals surface area contributed by atoms with Gasteiger partial charge in [0.05, 0.1) is 12.3 Å². The van der Waals surface area contributed by atoms with Gasteiger partial charge in [0.1, 0.15) is 5.82 Å². The standard InChI is InChI=1S/C9H10BrFN2O2/c10-7-2-1-6(11)5-8(7)13-9(15)12-3-4-14/h1-2,5,14H,3-4H2,(H2,12,13,15). The highest BCUT2D eigenvalue weighted by atomic mass is 79.9. The Kier molecular flexibility index (Phi) is 4.51. The maximum Gasteiger partial charge on any atom is 0.319 e. The number of amides is 2. The highest BCUT2D eigenvalue weighted by molar-refractivity contribution is 9.10. The summed E-state index contributed by atoms with van der Waals surface area (Å²) in [5.74, 6) is -0.435. The average Bonchev–Trinajstić information content (AvgIpc) is 2.20. The SMILES string of the molecule is O=C(NCCO)Nc1cc(F)ccc1Br. The second kappa shape index (κ2) is 5.67. The van der Waals surface area contributed by atoms with Crippen molar-refractivity contribution in [1.82, 2.24) is 5.32 Å². The van der Waals surface area contributed by atoms with Gasteiger partial charge in [-0.25, -0.2) is 9.18 Å². The largest absolute Gasteiger partial charge is 0.395 e. The number of hydrogen-bond donors (Lipinski definition) is 3. The highest BCUT2D eigenvalue weighted by Gasteiger charge is 2.05. The maximum atomic E-state index is 12.8. The summed E-state index contributed by atoms with van der Waals surface area (Å²) >= 11 is 3.17. The first-order valence-corrected chi connectivity index (χ1v) is 5.03. The van der Waals surface area contributed by atoms with Crippen molar-refractivity contribution in [1.29, 1.82) is 0 Å². The van der Waals surface area contributed by atoms with Gasteiger partial charge in [-0.05, 0) is 34.1 Å². The Morgan fingerprint density at radius 2 is 2.27 bits per heavy atom. The number of halogens is 2. The van der Waals surface area contributed by atoms with Crippen molar-refractivity contribution in [2.24, 2.45) is 0 Å². The number of nitrogens with one attached hydrogen (secondary N) is 2. The monoisotopic (exact) mass is 276 g/mol. The fraction of sp³-hybridized carbons (Fsp3) is 0.222. The van der Waals surface area contributed by atoms with Crippen molar-refractivity contribution in [3.8, 4) is 0 Å². The number of anilines is 1. The topological polar surface area (TPSA) is 61.4 Å². The van der Waals surface area contributed by atoms with Crippen LogP contribution < -0.4 is 10.6 Å². The number of carbonyl (C=O) groups is 1. The molecule has 6 heteroatoms. The number of aliphatic hydroxyl groups excluding tert-OH is 1. The van der Waals surface area contributed by atoms with Crippen LogP contribution in [0.15, 0.2) is 22.7 Å². The van der Waals surface area contributed by atoms with Gasteiger partial charge in [-0.2, -0.15) is 0 Å². The molecule has 2 amide bonds. The Labute approximate surface area is 94.6 Å². The quantitative estimate of drug-likeness (QED) is 0.787. The minimum absolute atomic E-state index is 0.141. The second-order valence-corrected chi connectivity index (χ2v) is 3.58. The molecule has 0 fully saturated rings. The van der Waals surface area contributed by atoms with Gasteiger partial charge in [0.15, 0.2) is 0 Å². The van der Waals surface area contributed by atoms with Crippen LogP contribution >= 0.6 is 15.9 Å². The summed E-state index contributed by atoms with van der Waals surface area (Å²) < 4.78 is 13.4. The molecule has 0 aliphatic carbocycles. The van der Waals surface area contributed by atoms with Crippen LogP contribution in [0.3, 0.4) is 0 Å². The summed E-state index contributed by atoms with van der Waals surface area (Å²) in [5.41, 5.74) is 0.338. The van der Waals surface area contributed by atoms with Crippen LogP contribution in [0.5, 0.6) is 0 Å². The van der Waals surface area contributed by atoms with Gasteiger partial charge in [0, 0.05) is 11.0 Å². The summed E-state index contributed by atoms with van der Waals surface area (Å²) in [7, 11) is 0. The van der Waals surface area contributed by atoms with Gasteiger partial charge in [0.25, 0.3) is 0 Å². The van der Waals surface area contributed by atoms with Crippen molar-refractivity contribution >= 4 is 27.6 Å². The van der Waals surface area contributed by atoms with E-state index in [1.54, 1.807) is 0 Å². The minimum atomic E-state index is -0.490. The van der Waals surface area contributed by atoms with Crippen molar-refractivity contribution < 1.29 is 14.3 Å². The fourth-order valence-electron chi connectivity index (χ4n) is 0.929. The van der Waals surface area contributed by atoms with Crippen LogP contribution in [0.25, 0.3) is 0 Å². The van der Waals surface area contributed by atoms with E-state index in [9.17, 15) is 9.18 Å². The molecule has 0 radical (unpaired) electrons. The second-order valence-electron chi connectivity index (χ2n) is 2.73. The van der Waals surface area contributed by atoms with E-state index >= 15 is 0 Å². The van der Waals surface area contributed by atoms with Crippen molar-refractivity contribution in [2.45, 2.75) is 0 Å². The smallest absolute Gasteiger partial charge is 0.319 e. The average molecular weight is 277 g/mol. The van der Waals surface area contributed by atoms with Crippen molar-refractivity contribution in [3.05, 3.63) is 28.5 Å². The minimum Gasteiger partial charge on any atom is -0.395 e. The molecule has 0 bridgehead atoms. The van der Waals surface area contributed by atoms with Crippen LogP contribution in [-0.2, 0) is 0 Å². The number of carbonyl (C=O) groups excluding carboxylic acids is 1. The van der Waals surface area contributed by atoms with Gasteiger partial charge < -0.3 is 15.7 Å². The van der Waals surface area contributed by atoms with Crippen LogP contribution in [0.4, 0.5) is 14.9 Å². The van der Waals surface area contributed by atoms with Gasteiger partial charge in [0.2, 0.25) is 0 Å². The molecule has 4 nitrogen and oxygen atoms in total. The van der Waals surface area contributed by atoms with E-state index in [-0.39, 0.29) is 13.2 Å². The van der Waals surface area contributed by atoms with Crippen LogP contribution in [0, 0.1) is 5.82 Å². The molecule has 0 atom stereocenters. The molecule has 0 saturated heterocycles. The number of aliphatic hydroxyl groups is 1. The summed E-state index contributed by atoms with van der Waals surface area (Å²) in [4.78, 5) is 11.2. The number of benzene rings is 1. The molecular formula is C9H10BrFN2O2. The van der Waals surface area contributed by atoms with Crippen molar-refractivity contribution in [2.75, 3.05) is 18.5 Å². The van der Waals surface area contributed by atoms with E-state index in [4.69, 9.17) is 5.11 Å². The Bertz CT molecular complexity index is 360. The van der Waals surface area contributed by atoms with Gasteiger partial charge in [-0.1, -0.05) is 0 Å². The zero-order chi connectivity index (χ0) is 11.3. The Morgan fingerprint density at radius 1 is 1.53 bits per heavy atom. The lowest BCUT2D eigenvalue weighted by atomic mass is 10.3. The Balaban J connectivity index is 2.63. The third-order valence-electron chi connectivity index (χ3n) is 1.57. The zero-order valence-corrected chi connectivity index (χ0v) is 9.34. The summed E-state index contributed by atoms with van der Waals surface area (Å²) in [6, 6.07) is 3.48. The van der Waals surface area contributed by atoms with Gasteiger partial charge >= 0.3 is 6.03 Å². The molecule has 0 unspecified atom stereocenters. The lowest BCUT2D eigenvalue weighted by Crippen LogP contribution is -2.31. The molecule has 82 valence electrons. The van der Waals surface area contributed by atoms with E-state index in [1.807, 2.05) is 0 Å². The predicted molar refractivity (Wildman–Crippen MR) is 58.2 cm³/mol. The highest BCUT2D eigenvalue weighted by Crippen LogP contribution is 2.22. The lowest BCUT2D eigenvalue weighted by Gasteiger charge is -2.08. The van der Waals surface area contributed by atoms with E-state index in [0.717, 1.165) is 0 Å². The third kappa shape index (κ3) is 3.85. The first kappa shape index (κ1) is 11.9. The van der Waals surface area contributed by atoms with E-state index in [0.29, 0.717) is 10.2 Å². The fourth-order valence-corrected chi connectivity index (χ4v) is 1.27. The molecule has 1 aromatic rings. The van der Waals surface area contributed by atoms with Crippen LogP contribution in [0.2, 0.25) is 0 Å². The van der Waals surface area contributed by atoms with Crippen LogP contribution in [-0.4, -0.2) is 24.3 Å². The van der Waals surface area contributed by atoms with E-state index in [2.05, 4.69) is 26.6 Å². The van der Waals surface area contributed by atoms with E-state index < -0.39 is 11.8 Å². The van der Waals surface area contributed by atoms with E-state index in [1.165, 1.54) is 18.2 Å². The number of urea groups is 1. The summed E-state index contributed by atoms with van der Waals surface area (Å²) in [5, 5.41) is 13.3. The molecule has 15 heavy (non-hydrogen) atoms. The first-order chi connectivity index (χ1) is 7.13. The molecule has 1 rings (SSSR count). The molecule has 0 aliphatic heterocycles.